The molecule has 1 aromatic carbocycles. The Labute approximate surface area is 139 Å². The van der Waals surface area contributed by atoms with Crippen molar-refractivity contribution in [2.45, 2.75) is 12.5 Å². The highest BCUT2D eigenvalue weighted by Gasteiger charge is 2.12. The van der Waals surface area contributed by atoms with Crippen LogP contribution in [0.25, 0.3) is 0 Å². The topological polar surface area (TPSA) is 216 Å². The zero-order chi connectivity index (χ0) is 18.8. The number of aromatic hydroxyl groups is 2. The van der Waals surface area contributed by atoms with Crippen molar-refractivity contribution in [2.75, 3.05) is 19.6 Å². The van der Waals surface area contributed by atoms with Crippen LogP contribution in [0.4, 0.5) is 0 Å². The second-order valence-electron chi connectivity index (χ2n) is 4.63. The van der Waals surface area contributed by atoms with Crippen LogP contribution in [0.15, 0.2) is 18.2 Å². The third-order valence-corrected chi connectivity index (χ3v) is 2.57. The summed E-state index contributed by atoms with van der Waals surface area (Å²) in [5, 5.41) is 31.8. The van der Waals surface area contributed by atoms with E-state index in [1.54, 1.807) is 0 Å². The lowest BCUT2D eigenvalue weighted by Gasteiger charge is -2.13. The lowest BCUT2D eigenvalue weighted by atomic mass is 10.1. The van der Waals surface area contributed by atoms with Crippen molar-refractivity contribution in [3.63, 3.8) is 0 Å². The summed E-state index contributed by atoms with van der Waals surface area (Å²) in [4.78, 5) is 2.78. The average molecular weight is 366 g/mol. The molecule has 0 radical (unpaired) electrons. The van der Waals surface area contributed by atoms with Crippen molar-refractivity contribution in [1.82, 2.24) is 5.32 Å². The molecule has 1 rings (SSSR count). The lowest BCUT2D eigenvalue weighted by molar-refractivity contribution is -0.459. The van der Waals surface area contributed by atoms with Crippen LogP contribution in [0.5, 0.6) is 11.5 Å². The molecule has 12 heteroatoms. The standard InChI is InChI=1S/C12H20N4O3.H2O4S/c13-12(14)16-5-1-4-15-7-11(19)9-6-8(17)2-3-10(9)18;1-5(2,3)4/h2-3,6,11,15,17-19H,1,4-5,7H2,(H4,13,14,16);(H2,1,2,3,4). The zero-order valence-corrected chi connectivity index (χ0v) is 13.5. The van der Waals surface area contributed by atoms with Crippen molar-refractivity contribution in [3.05, 3.63) is 23.8 Å². The molecule has 0 bridgehead atoms. The van der Waals surface area contributed by atoms with Crippen LogP contribution in [-0.2, 0) is 10.4 Å². The van der Waals surface area contributed by atoms with Gasteiger partial charge in [-0.25, -0.2) is 8.42 Å². The van der Waals surface area contributed by atoms with E-state index in [0.29, 0.717) is 18.7 Å². The quantitative estimate of drug-likeness (QED) is 0.0593. The first-order valence-corrected chi connectivity index (χ1v) is 8.08. The van der Waals surface area contributed by atoms with E-state index >= 15 is 0 Å². The van der Waals surface area contributed by atoms with Crippen molar-refractivity contribution in [1.29, 1.82) is 0 Å². The van der Waals surface area contributed by atoms with Gasteiger partial charge >= 0.3 is 5.96 Å². The number of nitrogens with one attached hydrogen (secondary N) is 2. The second-order valence-corrected chi connectivity index (χ2v) is 5.48. The number of guanidine groups is 1. The highest BCUT2D eigenvalue weighted by Crippen LogP contribution is 2.27. The Morgan fingerprint density at radius 1 is 1.33 bits per heavy atom. The first-order chi connectivity index (χ1) is 11.0. The van der Waals surface area contributed by atoms with Gasteiger partial charge in [0.25, 0.3) is 0 Å². The smallest absolute Gasteiger partial charge is 0.338 e. The molecule has 1 unspecified atom stereocenters. The van der Waals surface area contributed by atoms with Crippen LogP contribution < -0.4 is 21.8 Å². The fourth-order valence-electron chi connectivity index (χ4n) is 1.60. The average Bonchev–Trinajstić information content (AvgIpc) is 2.43. The van der Waals surface area contributed by atoms with Gasteiger partial charge in [-0.05, 0) is 31.2 Å². The highest BCUT2D eigenvalue weighted by molar-refractivity contribution is 7.79. The number of aliphatic hydroxyl groups excluding tert-OH is 1. The predicted molar refractivity (Wildman–Crippen MR) is 83.8 cm³/mol. The van der Waals surface area contributed by atoms with E-state index in [2.05, 4.69) is 10.3 Å². The summed E-state index contributed by atoms with van der Waals surface area (Å²) in [6.07, 6.45) is -0.0948. The number of nitrogens with two attached hydrogens (primary N) is 2. The number of benzene rings is 1. The first kappa shape index (κ1) is 21.9. The summed E-state index contributed by atoms with van der Waals surface area (Å²) >= 11 is 0. The normalized spacial score (nSPS) is 12.0. The van der Waals surface area contributed by atoms with Gasteiger partial charge in [-0.3, -0.25) is 21.0 Å². The molecule has 24 heavy (non-hydrogen) atoms. The summed E-state index contributed by atoms with van der Waals surface area (Å²) in [6.45, 7) is 1.58. The molecule has 0 saturated heterocycles. The van der Waals surface area contributed by atoms with E-state index in [1.165, 1.54) is 18.2 Å². The third kappa shape index (κ3) is 12.4. The maximum atomic E-state index is 9.88. The Morgan fingerprint density at radius 2 is 1.92 bits per heavy atom. The van der Waals surface area contributed by atoms with Gasteiger partial charge in [-0.15, -0.1) is 0 Å². The molecule has 0 aromatic heterocycles. The van der Waals surface area contributed by atoms with Gasteiger partial charge in [0, 0.05) is 12.1 Å². The molecule has 0 heterocycles. The molecule has 0 fully saturated rings. The number of hydrogen-bond acceptors (Lipinski definition) is 7. The summed E-state index contributed by atoms with van der Waals surface area (Å²) in [7, 11) is -4.92. The molecule has 0 saturated carbocycles. The molecule has 0 aliphatic heterocycles. The minimum atomic E-state index is -4.92. The van der Waals surface area contributed by atoms with Crippen LogP contribution in [-0.4, -0.2) is 58.4 Å². The minimum Gasteiger partial charge on any atom is -0.726 e. The monoisotopic (exact) mass is 366 g/mol. The SMILES string of the molecule is NC(N)=[NH+]CCCNCC(O)c1cc(O)ccc1O.O=S(=O)([O-])O. The molecule has 11 nitrogen and oxygen atoms in total. The van der Waals surface area contributed by atoms with E-state index in [9.17, 15) is 15.3 Å². The maximum Gasteiger partial charge on any atom is 0.338 e. The van der Waals surface area contributed by atoms with Gasteiger partial charge in [0.1, 0.15) is 11.5 Å². The maximum absolute atomic E-state index is 9.88. The molecule has 1 aromatic rings. The molecule has 0 spiro atoms. The summed E-state index contributed by atoms with van der Waals surface area (Å²) < 4.78 is 32.8. The fourth-order valence-corrected chi connectivity index (χ4v) is 1.60. The number of aliphatic hydroxyl groups is 1. The van der Waals surface area contributed by atoms with Crippen LogP contribution >= 0.6 is 0 Å². The lowest BCUT2D eigenvalue weighted by Crippen LogP contribution is -2.78. The van der Waals surface area contributed by atoms with Crippen LogP contribution in [0.1, 0.15) is 18.1 Å². The summed E-state index contributed by atoms with van der Waals surface area (Å²) in [5.41, 5.74) is 10.8. The predicted octanol–water partition coefficient (Wildman–Crippen LogP) is -3.53. The summed E-state index contributed by atoms with van der Waals surface area (Å²) in [5.74, 6) is 0.147. The highest BCUT2D eigenvalue weighted by atomic mass is 32.3. The van der Waals surface area contributed by atoms with Crippen molar-refractivity contribution < 1.29 is 37.8 Å². The molecule has 0 aliphatic carbocycles. The van der Waals surface area contributed by atoms with E-state index in [1.807, 2.05) is 0 Å². The molecular formula is C12H22N4O7S. The number of phenols is 2. The molecule has 1 atom stereocenters. The molecule has 0 aliphatic rings. The van der Waals surface area contributed by atoms with Crippen LogP contribution in [0, 0.1) is 0 Å². The van der Waals surface area contributed by atoms with Gasteiger partial charge in [0.05, 0.1) is 12.6 Å². The Kier molecular flexibility index (Phi) is 9.68. The van der Waals surface area contributed by atoms with E-state index in [-0.39, 0.29) is 24.0 Å². The van der Waals surface area contributed by atoms with Crippen LogP contribution in [0.2, 0.25) is 0 Å². The van der Waals surface area contributed by atoms with Crippen molar-refractivity contribution >= 4 is 16.4 Å². The van der Waals surface area contributed by atoms with Gasteiger partial charge in [0.2, 0.25) is 10.4 Å². The van der Waals surface area contributed by atoms with Gasteiger partial charge in [0.15, 0.2) is 0 Å². The number of rotatable bonds is 7. The van der Waals surface area contributed by atoms with Gasteiger partial charge in [-0.2, -0.15) is 0 Å². The van der Waals surface area contributed by atoms with Gasteiger partial charge in [-0.1, -0.05) is 0 Å². The van der Waals surface area contributed by atoms with Gasteiger partial charge < -0.3 is 25.2 Å². The number of phenolic OH excluding ortho intramolecular Hbond substituents is 2. The van der Waals surface area contributed by atoms with Crippen molar-refractivity contribution in [2.24, 2.45) is 11.5 Å². The Bertz CT molecular complexity index is 624. The molecule has 0 amide bonds. The first-order valence-electron chi connectivity index (χ1n) is 6.71. The van der Waals surface area contributed by atoms with Crippen LogP contribution in [0.3, 0.4) is 0 Å². The van der Waals surface area contributed by atoms with Crippen molar-refractivity contribution in [3.8, 4) is 11.5 Å². The molecule has 10 N–H and O–H groups in total. The minimum absolute atomic E-state index is 0.00464. The Morgan fingerprint density at radius 3 is 2.46 bits per heavy atom. The van der Waals surface area contributed by atoms with E-state index in [4.69, 9.17) is 29.0 Å². The van der Waals surface area contributed by atoms with E-state index in [0.717, 1.165) is 6.42 Å². The second kappa shape index (κ2) is 10.6. The fraction of sp³-hybridized carbons (Fsp3) is 0.417. The summed E-state index contributed by atoms with van der Waals surface area (Å²) in [6, 6.07) is 4.04. The Hall–Kier alpha value is -2.12. The zero-order valence-electron chi connectivity index (χ0n) is 12.7. The van der Waals surface area contributed by atoms with E-state index < -0.39 is 16.5 Å². The molecule has 138 valence electrons. The third-order valence-electron chi connectivity index (χ3n) is 2.57. The molecular weight excluding hydrogens is 344 g/mol. The Balaban J connectivity index is 0.000000922. The largest absolute Gasteiger partial charge is 0.726 e. The number of hydrogen-bond donors (Lipinski definition) is 8.